The van der Waals surface area contributed by atoms with E-state index < -0.39 is 12.2 Å². The number of amides is 1. The van der Waals surface area contributed by atoms with Gasteiger partial charge in [0.2, 0.25) is 5.91 Å². The average Bonchev–Trinajstić information content (AvgIpc) is 2.71. The molecule has 29 heavy (non-hydrogen) atoms. The van der Waals surface area contributed by atoms with Crippen LogP contribution < -0.4 is 0 Å². The Balaban J connectivity index is 1.72. The molecule has 3 N–H and O–H groups in total. The summed E-state index contributed by atoms with van der Waals surface area (Å²) in [6.07, 6.45) is 8.68. The van der Waals surface area contributed by atoms with E-state index in [2.05, 4.69) is 9.80 Å². The van der Waals surface area contributed by atoms with Crippen molar-refractivity contribution in [2.24, 2.45) is 11.8 Å². The molecule has 0 spiro atoms. The molecule has 0 aromatic carbocycles. The van der Waals surface area contributed by atoms with Gasteiger partial charge < -0.3 is 20.2 Å². The lowest BCUT2D eigenvalue weighted by atomic mass is 9.88. The van der Waals surface area contributed by atoms with Crippen molar-refractivity contribution >= 4 is 5.91 Å². The van der Waals surface area contributed by atoms with E-state index in [1.807, 2.05) is 20.8 Å². The molecule has 6 heteroatoms. The summed E-state index contributed by atoms with van der Waals surface area (Å²) in [6, 6.07) is 0.0679. The van der Waals surface area contributed by atoms with Gasteiger partial charge in [0.25, 0.3) is 0 Å². The molecular weight excluding hydrogens is 368 g/mol. The summed E-state index contributed by atoms with van der Waals surface area (Å²) < 4.78 is 0. The SMILES string of the molecule is CC(C)C(=O)N(CCCCCCN1C[C@H](C)[C@@H](O)[C@H](O)[C@H]1CO)C1CCCCC1. The van der Waals surface area contributed by atoms with Gasteiger partial charge in [-0.25, -0.2) is 0 Å². The van der Waals surface area contributed by atoms with Gasteiger partial charge in [-0.3, -0.25) is 9.69 Å². The number of aliphatic hydroxyl groups excluding tert-OH is 3. The summed E-state index contributed by atoms with van der Waals surface area (Å²) >= 11 is 0. The number of carbonyl (C=O) groups is 1. The van der Waals surface area contributed by atoms with Crippen LogP contribution in [0.5, 0.6) is 0 Å². The Morgan fingerprint density at radius 2 is 1.69 bits per heavy atom. The molecule has 1 saturated carbocycles. The first-order valence-electron chi connectivity index (χ1n) is 11.9. The number of aliphatic hydroxyl groups is 3. The highest BCUT2D eigenvalue weighted by molar-refractivity contribution is 5.78. The van der Waals surface area contributed by atoms with E-state index in [-0.39, 0.29) is 24.5 Å². The van der Waals surface area contributed by atoms with Gasteiger partial charge in [-0.2, -0.15) is 0 Å². The number of unbranched alkanes of at least 4 members (excludes halogenated alkanes) is 3. The van der Waals surface area contributed by atoms with Crippen molar-refractivity contribution in [1.29, 1.82) is 0 Å². The molecule has 1 aliphatic carbocycles. The third kappa shape index (κ3) is 6.91. The molecule has 2 fully saturated rings. The summed E-state index contributed by atoms with van der Waals surface area (Å²) in [4.78, 5) is 17.0. The van der Waals surface area contributed by atoms with E-state index in [0.29, 0.717) is 18.5 Å². The molecule has 2 aliphatic rings. The average molecular weight is 413 g/mol. The molecule has 1 amide bonds. The zero-order valence-corrected chi connectivity index (χ0v) is 18.8. The van der Waals surface area contributed by atoms with Crippen LogP contribution in [-0.4, -0.2) is 81.6 Å². The maximum Gasteiger partial charge on any atom is 0.225 e. The van der Waals surface area contributed by atoms with Crippen LogP contribution in [0.25, 0.3) is 0 Å². The second-order valence-corrected chi connectivity index (χ2v) is 9.60. The smallest absolute Gasteiger partial charge is 0.225 e. The first kappa shape index (κ1) is 24.6. The Kier molecular flexibility index (Phi) is 10.4. The van der Waals surface area contributed by atoms with Crippen LogP contribution in [0.2, 0.25) is 0 Å². The number of nitrogens with zero attached hydrogens (tertiary/aromatic N) is 2. The second kappa shape index (κ2) is 12.2. The van der Waals surface area contributed by atoms with E-state index in [1.165, 1.54) is 19.3 Å². The van der Waals surface area contributed by atoms with Gasteiger partial charge in [0.15, 0.2) is 0 Å². The lowest BCUT2D eigenvalue weighted by molar-refractivity contribution is -0.137. The van der Waals surface area contributed by atoms with Gasteiger partial charge in [-0.05, 0) is 38.1 Å². The second-order valence-electron chi connectivity index (χ2n) is 9.60. The summed E-state index contributed by atoms with van der Waals surface area (Å²) in [7, 11) is 0. The molecule has 170 valence electrons. The number of rotatable bonds is 10. The lowest BCUT2D eigenvalue weighted by Gasteiger charge is -2.44. The molecular formula is C23H44N2O4. The van der Waals surface area contributed by atoms with Crippen LogP contribution in [0.1, 0.15) is 78.6 Å². The fraction of sp³-hybridized carbons (Fsp3) is 0.957. The summed E-state index contributed by atoms with van der Waals surface area (Å²) in [6.45, 7) is 8.23. The molecule has 1 heterocycles. The highest BCUT2D eigenvalue weighted by atomic mass is 16.3. The van der Waals surface area contributed by atoms with E-state index in [4.69, 9.17) is 0 Å². The zero-order chi connectivity index (χ0) is 21.4. The van der Waals surface area contributed by atoms with Crippen LogP contribution >= 0.6 is 0 Å². The third-order valence-electron chi connectivity index (χ3n) is 6.89. The zero-order valence-electron chi connectivity index (χ0n) is 18.8. The fourth-order valence-electron chi connectivity index (χ4n) is 5.02. The molecule has 0 aromatic heterocycles. The lowest BCUT2D eigenvalue weighted by Crippen LogP contribution is -2.59. The van der Waals surface area contributed by atoms with Gasteiger partial charge >= 0.3 is 0 Å². The van der Waals surface area contributed by atoms with Gasteiger partial charge in [0.1, 0.15) is 0 Å². The van der Waals surface area contributed by atoms with Gasteiger partial charge in [0, 0.05) is 25.0 Å². The quantitative estimate of drug-likeness (QED) is 0.480. The van der Waals surface area contributed by atoms with Gasteiger partial charge in [0.05, 0.1) is 24.9 Å². The monoisotopic (exact) mass is 412 g/mol. The van der Waals surface area contributed by atoms with Crippen molar-refractivity contribution in [3.05, 3.63) is 0 Å². The molecule has 0 radical (unpaired) electrons. The Bertz CT molecular complexity index is 481. The minimum atomic E-state index is -0.880. The van der Waals surface area contributed by atoms with E-state index >= 15 is 0 Å². The molecule has 6 nitrogen and oxygen atoms in total. The Labute approximate surface area is 177 Å². The number of likely N-dealkylation sites (tertiary alicyclic amines) is 1. The standard InChI is InChI=1S/C23H44N2O4/c1-17(2)23(29)25(19-11-7-6-8-12-19)14-10-5-4-9-13-24-15-18(3)21(27)22(28)20(24)16-26/h17-22,26-28H,4-16H2,1-3H3/t18-,20+,21+,22+/m0/s1. The predicted octanol–water partition coefficient (Wildman–Crippen LogP) is 2.40. The maximum atomic E-state index is 12.7. The largest absolute Gasteiger partial charge is 0.395 e. The highest BCUT2D eigenvalue weighted by Gasteiger charge is 2.39. The predicted molar refractivity (Wildman–Crippen MR) is 116 cm³/mol. The Morgan fingerprint density at radius 3 is 2.31 bits per heavy atom. The molecule has 2 rings (SSSR count). The summed E-state index contributed by atoms with van der Waals surface area (Å²) in [5.74, 6) is 0.381. The van der Waals surface area contributed by atoms with Gasteiger partial charge in [-0.15, -0.1) is 0 Å². The van der Waals surface area contributed by atoms with Gasteiger partial charge in [-0.1, -0.05) is 52.9 Å². The van der Waals surface area contributed by atoms with E-state index in [1.54, 1.807) is 0 Å². The first-order valence-corrected chi connectivity index (χ1v) is 11.9. The fourth-order valence-corrected chi connectivity index (χ4v) is 5.02. The number of hydrogen-bond acceptors (Lipinski definition) is 5. The van der Waals surface area contributed by atoms with Crippen molar-refractivity contribution in [2.45, 2.75) is 103 Å². The van der Waals surface area contributed by atoms with Crippen molar-refractivity contribution in [3.8, 4) is 0 Å². The molecule has 0 aromatic rings. The molecule has 0 bridgehead atoms. The number of piperidine rings is 1. The van der Waals surface area contributed by atoms with E-state index in [9.17, 15) is 20.1 Å². The summed E-state index contributed by atoms with van der Waals surface area (Å²) in [5.41, 5.74) is 0. The number of hydrogen-bond donors (Lipinski definition) is 3. The number of carbonyl (C=O) groups excluding carboxylic acids is 1. The van der Waals surface area contributed by atoms with Crippen LogP contribution in [0, 0.1) is 11.8 Å². The molecule has 1 aliphatic heterocycles. The third-order valence-corrected chi connectivity index (χ3v) is 6.89. The summed E-state index contributed by atoms with van der Waals surface area (Å²) in [5, 5.41) is 29.8. The minimum Gasteiger partial charge on any atom is -0.395 e. The Hall–Kier alpha value is -0.690. The van der Waals surface area contributed by atoms with Crippen LogP contribution in [-0.2, 0) is 4.79 Å². The van der Waals surface area contributed by atoms with Crippen LogP contribution in [0.4, 0.5) is 0 Å². The maximum absolute atomic E-state index is 12.7. The normalized spacial score (nSPS) is 29.3. The molecule has 4 atom stereocenters. The van der Waals surface area contributed by atoms with Crippen molar-refractivity contribution < 1.29 is 20.1 Å². The van der Waals surface area contributed by atoms with Crippen LogP contribution in [0.15, 0.2) is 0 Å². The van der Waals surface area contributed by atoms with Crippen LogP contribution in [0.3, 0.4) is 0 Å². The van der Waals surface area contributed by atoms with Crippen molar-refractivity contribution in [2.75, 3.05) is 26.2 Å². The van der Waals surface area contributed by atoms with Crippen molar-refractivity contribution in [1.82, 2.24) is 9.80 Å². The first-order chi connectivity index (χ1) is 13.9. The minimum absolute atomic E-state index is 0.0129. The molecule has 1 saturated heterocycles. The Morgan fingerprint density at radius 1 is 1.03 bits per heavy atom. The van der Waals surface area contributed by atoms with E-state index in [0.717, 1.165) is 51.6 Å². The highest BCUT2D eigenvalue weighted by Crippen LogP contribution is 2.25. The topological polar surface area (TPSA) is 84.2 Å². The van der Waals surface area contributed by atoms with Crippen molar-refractivity contribution in [3.63, 3.8) is 0 Å². The molecule has 0 unspecified atom stereocenters.